The zero-order chi connectivity index (χ0) is 20.3. The van der Waals surface area contributed by atoms with Crippen molar-refractivity contribution in [2.24, 2.45) is 0 Å². The Morgan fingerprint density at radius 2 is 1.79 bits per heavy atom. The number of hydrogen-bond donors (Lipinski definition) is 0. The van der Waals surface area contributed by atoms with E-state index in [0.29, 0.717) is 23.2 Å². The first kappa shape index (κ1) is 19.6. The summed E-state index contributed by atoms with van der Waals surface area (Å²) in [7, 11) is 1.29. The first-order valence-electron chi connectivity index (χ1n) is 8.60. The minimum absolute atomic E-state index is 0.246. The van der Waals surface area contributed by atoms with Crippen molar-refractivity contribution in [3.63, 3.8) is 0 Å². The molecule has 0 radical (unpaired) electrons. The van der Waals surface area contributed by atoms with Gasteiger partial charge in [0.05, 0.1) is 12.7 Å². The van der Waals surface area contributed by atoms with Gasteiger partial charge in [-0.05, 0) is 41.8 Å². The van der Waals surface area contributed by atoms with Crippen molar-refractivity contribution in [1.29, 1.82) is 0 Å². The maximum atomic E-state index is 12.6. The Balaban J connectivity index is 2.26. The van der Waals surface area contributed by atoms with Crippen LogP contribution in [0.5, 0.6) is 0 Å². The highest BCUT2D eigenvalue weighted by molar-refractivity contribution is 6.83. The lowest BCUT2D eigenvalue weighted by atomic mass is 10.0. The standard InChI is InChI=1S/C22H18ClNO4/c1-14-19(21(26)22(23)27)20-16(11-12-18(25)28-2)9-6-10-17(20)24(14)13-15-7-4-3-5-8-15/h3-12H,13H2,1-2H3/b12-11+. The summed E-state index contributed by atoms with van der Waals surface area (Å²) in [6, 6.07) is 15.3. The Morgan fingerprint density at radius 1 is 1.07 bits per heavy atom. The van der Waals surface area contributed by atoms with E-state index >= 15 is 0 Å². The van der Waals surface area contributed by atoms with Gasteiger partial charge in [0.1, 0.15) is 0 Å². The van der Waals surface area contributed by atoms with Crippen molar-refractivity contribution < 1.29 is 19.1 Å². The first-order valence-corrected chi connectivity index (χ1v) is 8.97. The summed E-state index contributed by atoms with van der Waals surface area (Å²) < 4.78 is 6.60. The summed E-state index contributed by atoms with van der Waals surface area (Å²) in [6.07, 6.45) is 2.84. The molecule has 0 bridgehead atoms. The number of Topliss-reactive ketones (excluding diaryl/α,β-unsaturated/α-hetero) is 1. The molecule has 0 aliphatic heterocycles. The maximum absolute atomic E-state index is 12.6. The van der Waals surface area contributed by atoms with Gasteiger partial charge in [0, 0.05) is 29.2 Å². The Hall–Kier alpha value is -3.18. The summed E-state index contributed by atoms with van der Waals surface area (Å²) in [6.45, 7) is 2.31. The van der Waals surface area contributed by atoms with E-state index in [1.54, 1.807) is 19.1 Å². The topological polar surface area (TPSA) is 65.4 Å². The molecule has 2 aromatic carbocycles. The van der Waals surface area contributed by atoms with Crippen molar-refractivity contribution in [1.82, 2.24) is 4.57 Å². The molecule has 1 heterocycles. The van der Waals surface area contributed by atoms with E-state index in [-0.39, 0.29) is 5.56 Å². The predicted octanol–water partition coefficient (Wildman–Crippen LogP) is 4.13. The Kier molecular flexibility index (Phi) is 5.76. The molecular formula is C22H18ClNO4. The molecule has 0 fully saturated rings. The maximum Gasteiger partial charge on any atom is 0.330 e. The number of aromatic nitrogens is 1. The smallest absolute Gasteiger partial charge is 0.330 e. The van der Waals surface area contributed by atoms with Crippen molar-refractivity contribution in [3.8, 4) is 0 Å². The molecule has 0 aliphatic rings. The fourth-order valence-corrected chi connectivity index (χ4v) is 3.36. The second-order valence-electron chi connectivity index (χ2n) is 6.23. The number of ether oxygens (including phenoxy) is 1. The number of hydrogen-bond acceptors (Lipinski definition) is 4. The molecule has 0 atom stereocenters. The van der Waals surface area contributed by atoms with Crippen LogP contribution in [0.4, 0.5) is 0 Å². The van der Waals surface area contributed by atoms with E-state index < -0.39 is 17.0 Å². The number of esters is 1. The highest BCUT2D eigenvalue weighted by atomic mass is 35.5. The second-order valence-corrected chi connectivity index (χ2v) is 6.58. The number of ketones is 1. The number of fused-ring (bicyclic) bond motifs is 1. The molecule has 0 saturated carbocycles. The van der Waals surface area contributed by atoms with Crippen LogP contribution >= 0.6 is 11.6 Å². The van der Waals surface area contributed by atoms with Gasteiger partial charge in [-0.3, -0.25) is 9.59 Å². The van der Waals surface area contributed by atoms with Crippen LogP contribution in [0.2, 0.25) is 0 Å². The van der Waals surface area contributed by atoms with Crippen LogP contribution in [-0.2, 0) is 20.9 Å². The molecule has 1 aromatic heterocycles. The largest absolute Gasteiger partial charge is 0.466 e. The molecule has 142 valence electrons. The van der Waals surface area contributed by atoms with Crippen LogP contribution in [0.3, 0.4) is 0 Å². The molecule has 3 rings (SSSR count). The monoisotopic (exact) mass is 395 g/mol. The van der Waals surface area contributed by atoms with E-state index in [9.17, 15) is 14.4 Å². The summed E-state index contributed by atoms with van der Waals surface area (Å²) in [5, 5.41) is -0.469. The predicted molar refractivity (Wildman–Crippen MR) is 108 cm³/mol. The zero-order valence-electron chi connectivity index (χ0n) is 15.4. The molecule has 0 aliphatic carbocycles. The molecule has 0 N–H and O–H groups in total. The van der Waals surface area contributed by atoms with Gasteiger partial charge in [0.15, 0.2) is 0 Å². The van der Waals surface area contributed by atoms with Gasteiger partial charge < -0.3 is 9.30 Å². The average molecular weight is 396 g/mol. The summed E-state index contributed by atoms with van der Waals surface area (Å²) in [5.74, 6) is -1.28. The highest BCUT2D eigenvalue weighted by Crippen LogP contribution is 2.31. The third-order valence-electron chi connectivity index (χ3n) is 4.57. The molecular weight excluding hydrogens is 378 g/mol. The normalized spacial score (nSPS) is 11.1. The van der Waals surface area contributed by atoms with Gasteiger partial charge in [0.25, 0.3) is 5.24 Å². The molecule has 0 amide bonds. The van der Waals surface area contributed by atoms with E-state index in [2.05, 4.69) is 4.74 Å². The fraction of sp³-hybridized carbons (Fsp3) is 0.136. The number of rotatable bonds is 6. The van der Waals surface area contributed by atoms with Crippen LogP contribution < -0.4 is 0 Å². The molecule has 3 aromatic rings. The minimum Gasteiger partial charge on any atom is -0.466 e. The molecule has 28 heavy (non-hydrogen) atoms. The summed E-state index contributed by atoms with van der Waals surface area (Å²) >= 11 is 5.52. The number of nitrogens with zero attached hydrogens (tertiary/aromatic N) is 1. The zero-order valence-corrected chi connectivity index (χ0v) is 16.2. The Morgan fingerprint density at radius 3 is 2.43 bits per heavy atom. The van der Waals surface area contributed by atoms with Crippen LogP contribution in [0.25, 0.3) is 17.0 Å². The molecule has 0 unspecified atom stereocenters. The van der Waals surface area contributed by atoms with Crippen molar-refractivity contribution in [2.75, 3.05) is 7.11 Å². The van der Waals surface area contributed by atoms with Crippen LogP contribution in [0.1, 0.15) is 27.2 Å². The number of methoxy groups -OCH3 is 1. The van der Waals surface area contributed by atoms with Crippen molar-refractivity contribution >= 4 is 45.6 Å². The van der Waals surface area contributed by atoms with Crippen LogP contribution in [0, 0.1) is 6.92 Å². The number of carbonyl (C=O) groups excluding carboxylic acids is 3. The average Bonchev–Trinajstić information content (AvgIpc) is 2.98. The van der Waals surface area contributed by atoms with Crippen molar-refractivity contribution in [2.45, 2.75) is 13.5 Å². The van der Waals surface area contributed by atoms with Gasteiger partial charge in [-0.25, -0.2) is 4.79 Å². The van der Waals surface area contributed by atoms with Gasteiger partial charge in [-0.2, -0.15) is 0 Å². The minimum atomic E-state index is -1.05. The molecule has 6 heteroatoms. The lowest BCUT2D eigenvalue weighted by Gasteiger charge is -2.09. The third kappa shape index (κ3) is 3.75. The number of benzene rings is 2. The second kappa shape index (κ2) is 8.23. The van der Waals surface area contributed by atoms with E-state index in [1.807, 2.05) is 47.0 Å². The van der Waals surface area contributed by atoms with Crippen LogP contribution in [0.15, 0.2) is 54.6 Å². The quantitative estimate of drug-likeness (QED) is 0.207. The fourth-order valence-electron chi connectivity index (χ4n) is 3.26. The van der Waals surface area contributed by atoms with Gasteiger partial charge in [-0.1, -0.05) is 42.5 Å². The van der Waals surface area contributed by atoms with E-state index in [0.717, 1.165) is 11.1 Å². The third-order valence-corrected chi connectivity index (χ3v) is 4.74. The van der Waals surface area contributed by atoms with Crippen molar-refractivity contribution in [3.05, 3.63) is 77.0 Å². The van der Waals surface area contributed by atoms with Gasteiger partial charge >= 0.3 is 5.97 Å². The molecule has 0 saturated heterocycles. The molecule has 5 nitrogen and oxygen atoms in total. The lowest BCUT2D eigenvalue weighted by Crippen LogP contribution is -2.10. The number of halogens is 1. The van der Waals surface area contributed by atoms with Gasteiger partial charge in [0.2, 0.25) is 5.78 Å². The lowest BCUT2D eigenvalue weighted by molar-refractivity contribution is -0.134. The summed E-state index contributed by atoms with van der Waals surface area (Å²) in [4.78, 5) is 35.7. The highest BCUT2D eigenvalue weighted by Gasteiger charge is 2.25. The number of carbonyl (C=O) groups is 3. The van der Waals surface area contributed by atoms with Crippen LogP contribution in [-0.4, -0.2) is 28.7 Å². The Labute approximate surface area is 167 Å². The Bertz CT molecular complexity index is 1100. The van der Waals surface area contributed by atoms with E-state index in [1.165, 1.54) is 13.2 Å². The SMILES string of the molecule is COC(=O)/C=C/c1cccc2c1c(C(=O)C(=O)Cl)c(C)n2Cc1ccccc1. The first-order chi connectivity index (χ1) is 13.4. The summed E-state index contributed by atoms with van der Waals surface area (Å²) in [5.41, 5.74) is 3.33. The molecule has 0 spiro atoms. The van der Waals surface area contributed by atoms with E-state index in [4.69, 9.17) is 11.6 Å². The van der Waals surface area contributed by atoms with Gasteiger partial charge in [-0.15, -0.1) is 0 Å².